The lowest BCUT2D eigenvalue weighted by Crippen LogP contribution is -2.12. The Morgan fingerprint density at radius 3 is 1.70 bits per heavy atom. The molecule has 20 heavy (non-hydrogen) atoms. The molecule has 0 aliphatic rings. The van der Waals surface area contributed by atoms with E-state index in [4.69, 9.17) is 5.14 Å². The molecule has 4 heteroatoms. The molecule has 0 atom stereocenters. The molecule has 0 amide bonds. The summed E-state index contributed by atoms with van der Waals surface area (Å²) in [5.74, 6) is 0. The number of nitrogens with two attached hydrogens (primary N) is 1. The van der Waals surface area contributed by atoms with Gasteiger partial charge >= 0.3 is 0 Å². The minimum absolute atomic E-state index is 0.176. The van der Waals surface area contributed by atoms with Gasteiger partial charge in [0.1, 0.15) is 0 Å². The van der Waals surface area contributed by atoms with Crippen molar-refractivity contribution in [2.75, 3.05) is 0 Å². The zero-order valence-electron chi connectivity index (χ0n) is 10.8. The molecule has 3 nitrogen and oxygen atoms in total. The van der Waals surface area contributed by atoms with Crippen LogP contribution >= 0.6 is 0 Å². The van der Waals surface area contributed by atoms with Gasteiger partial charge in [-0.15, -0.1) is 0 Å². The van der Waals surface area contributed by atoms with Gasteiger partial charge in [0.25, 0.3) is 0 Å². The van der Waals surface area contributed by atoms with Gasteiger partial charge in [-0.3, -0.25) is 0 Å². The van der Waals surface area contributed by atoms with Gasteiger partial charge in [0.15, 0.2) is 0 Å². The number of fused-ring (bicyclic) bond motifs is 1. The molecule has 102 valence electrons. The molecule has 0 aromatic heterocycles. The van der Waals surface area contributed by atoms with Gasteiger partial charge in [-0.2, -0.15) is 0 Å². The molecule has 2 N–H and O–H groups in total. The molecule has 0 aliphatic heterocycles. The second kappa shape index (κ2) is 6.32. The van der Waals surface area contributed by atoms with E-state index in [1.807, 2.05) is 54.6 Å². The number of rotatable bonds is 1. The van der Waals surface area contributed by atoms with Gasteiger partial charge in [-0.05, 0) is 11.5 Å². The number of primary sulfonamides is 1. The maximum atomic E-state index is 11.2. The van der Waals surface area contributed by atoms with Crippen LogP contribution in [0.5, 0.6) is 0 Å². The SMILES string of the molecule is NS(=O)(=O)c1cccc2ccccc12.c1ccccc1. The van der Waals surface area contributed by atoms with E-state index in [-0.39, 0.29) is 4.90 Å². The molecule has 3 rings (SSSR count). The van der Waals surface area contributed by atoms with Crippen LogP contribution in [-0.4, -0.2) is 8.42 Å². The monoisotopic (exact) mass is 285 g/mol. The molecular weight excluding hydrogens is 270 g/mol. The number of sulfonamides is 1. The van der Waals surface area contributed by atoms with E-state index in [0.717, 1.165) is 5.39 Å². The van der Waals surface area contributed by atoms with Crippen LogP contribution in [0.1, 0.15) is 0 Å². The Morgan fingerprint density at radius 2 is 1.15 bits per heavy atom. The molecule has 0 radical (unpaired) electrons. The Hall–Kier alpha value is -2.17. The zero-order chi connectivity index (χ0) is 14.4. The average molecular weight is 285 g/mol. The molecule has 0 spiro atoms. The number of hydrogen-bond acceptors (Lipinski definition) is 2. The van der Waals surface area contributed by atoms with Crippen molar-refractivity contribution in [1.29, 1.82) is 0 Å². The Balaban J connectivity index is 0.000000205. The Morgan fingerprint density at radius 1 is 0.650 bits per heavy atom. The van der Waals surface area contributed by atoms with E-state index in [9.17, 15) is 8.42 Å². The van der Waals surface area contributed by atoms with Crippen LogP contribution in [0, 0.1) is 0 Å². The third-order valence-electron chi connectivity index (χ3n) is 2.72. The fourth-order valence-electron chi connectivity index (χ4n) is 1.83. The predicted octanol–water partition coefficient (Wildman–Crippen LogP) is 3.17. The smallest absolute Gasteiger partial charge is 0.225 e. The minimum Gasteiger partial charge on any atom is -0.225 e. The summed E-state index contributed by atoms with van der Waals surface area (Å²) in [6, 6.07) is 24.3. The van der Waals surface area contributed by atoms with Gasteiger partial charge < -0.3 is 0 Å². The quantitative estimate of drug-likeness (QED) is 0.746. The number of hydrogen-bond donors (Lipinski definition) is 1. The summed E-state index contributed by atoms with van der Waals surface area (Å²) in [6.07, 6.45) is 0. The van der Waals surface area contributed by atoms with Crippen LogP contribution in [0.25, 0.3) is 10.8 Å². The third kappa shape index (κ3) is 3.66. The van der Waals surface area contributed by atoms with Crippen molar-refractivity contribution >= 4 is 20.8 Å². The highest BCUT2D eigenvalue weighted by Crippen LogP contribution is 2.21. The molecular formula is C16H15NO2S. The summed E-state index contributed by atoms with van der Waals surface area (Å²) in [7, 11) is -3.63. The normalized spacial score (nSPS) is 10.7. The summed E-state index contributed by atoms with van der Waals surface area (Å²) < 4.78 is 22.4. The zero-order valence-corrected chi connectivity index (χ0v) is 11.6. The second-order valence-electron chi connectivity index (χ2n) is 4.18. The molecule has 0 fully saturated rings. The maximum Gasteiger partial charge on any atom is 0.238 e. The van der Waals surface area contributed by atoms with E-state index in [1.165, 1.54) is 6.07 Å². The van der Waals surface area contributed by atoms with Crippen molar-refractivity contribution in [2.24, 2.45) is 5.14 Å². The van der Waals surface area contributed by atoms with Crippen molar-refractivity contribution in [1.82, 2.24) is 0 Å². The van der Waals surface area contributed by atoms with Crippen LogP contribution in [-0.2, 0) is 10.0 Å². The molecule has 0 bridgehead atoms. The standard InChI is InChI=1S/C10H9NO2S.C6H6/c11-14(12,13)10-7-3-5-8-4-1-2-6-9(8)10;1-2-4-6-5-3-1/h1-7H,(H2,11,12,13);1-6H. The van der Waals surface area contributed by atoms with Gasteiger partial charge in [0.2, 0.25) is 10.0 Å². The predicted molar refractivity (Wildman–Crippen MR) is 81.8 cm³/mol. The molecule has 3 aromatic carbocycles. The first kappa shape index (κ1) is 14.2. The summed E-state index contributed by atoms with van der Waals surface area (Å²) in [5.41, 5.74) is 0. The second-order valence-corrected chi connectivity index (χ2v) is 5.71. The maximum absolute atomic E-state index is 11.2. The Kier molecular flexibility index (Phi) is 4.50. The first-order chi connectivity index (χ1) is 9.59. The van der Waals surface area contributed by atoms with Crippen LogP contribution in [0.15, 0.2) is 83.8 Å². The topological polar surface area (TPSA) is 60.2 Å². The van der Waals surface area contributed by atoms with Gasteiger partial charge in [-0.25, -0.2) is 13.6 Å². The average Bonchev–Trinajstić information content (AvgIpc) is 2.48. The molecule has 0 heterocycles. The van der Waals surface area contributed by atoms with Crippen LogP contribution in [0.4, 0.5) is 0 Å². The van der Waals surface area contributed by atoms with Crippen molar-refractivity contribution in [2.45, 2.75) is 4.90 Å². The lowest BCUT2D eigenvalue weighted by atomic mass is 10.1. The highest BCUT2D eigenvalue weighted by atomic mass is 32.2. The Bertz CT molecular complexity index is 752. The van der Waals surface area contributed by atoms with E-state index in [1.54, 1.807) is 18.2 Å². The third-order valence-corrected chi connectivity index (χ3v) is 3.69. The van der Waals surface area contributed by atoms with Crippen LogP contribution < -0.4 is 5.14 Å². The van der Waals surface area contributed by atoms with E-state index in [2.05, 4.69) is 0 Å². The van der Waals surface area contributed by atoms with Gasteiger partial charge in [0, 0.05) is 5.39 Å². The highest BCUT2D eigenvalue weighted by Gasteiger charge is 2.10. The molecule has 0 saturated carbocycles. The highest BCUT2D eigenvalue weighted by molar-refractivity contribution is 7.89. The molecule has 0 unspecified atom stereocenters. The number of benzene rings is 3. The summed E-state index contributed by atoms with van der Waals surface area (Å²) >= 11 is 0. The molecule has 0 aliphatic carbocycles. The molecule has 3 aromatic rings. The largest absolute Gasteiger partial charge is 0.238 e. The summed E-state index contributed by atoms with van der Waals surface area (Å²) in [6.45, 7) is 0. The van der Waals surface area contributed by atoms with Gasteiger partial charge in [0.05, 0.1) is 4.90 Å². The lowest BCUT2D eigenvalue weighted by molar-refractivity contribution is 0.598. The fourth-order valence-corrected chi connectivity index (χ4v) is 2.59. The van der Waals surface area contributed by atoms with Crippen LogP contribution in [0.2, 0.25) is 0 Å². The van der Waals surface area contributed by atoms with Crippen molar-refractivity contribution in [3.63, 3.8) is 0 Å². The summed E-state index contributed by atoms with van der Waals surface area (Å²) in [5, 5.41) is 6.63. The van der Waals surface area contributed by atoms with Gasteiger partial charge in [-0.1, -0.05) is 72.8 Å². The fraction of sp³-hybridized carbons (Fsp3) is 0. The first-order valence-corrected chi connectivity index (χ1v) is 7.64. The lowest BCUT2D eigenvalue weighted by Gasteiger charge is -2.02. The summed E-state index contributed by atoms with van der Waals surface area (Å²) in [4.78, 5) is 0.176. The van der Waals surface area contributed by atoms with E-state index in [0.29, 0.717) is 5.39 Å². The van der Waals surface area contributed by atoms with E-state index >= 15 is 0 Å². The van der Waals surface area contributed by atoms with Crippen molar-refractivity contribution in [3.8, 4) is 0 Å². The molecule has 0 saturated heterocycles. The van der Waals surface area contributed by atoms with Crippen molar-refractivity contribution in [3.05, 3.63) is 78.9 Å². The Labute approximate surface area is 118 Å². The van der Waals surface area contributed by atoms with Crippen molar-refractivity contribution < 1.29 is 8.42 Å². The van der Waals surface area contributed by atoms with E-state index < -0.39 is 10.0 Å². The first-order valence-electron chi connectivity index (χ1n) is 6.09. The minimum atomic E-state index is -3.63. The van der Waals surface area contributed by atoms with Crippen LogP contribution in [0.3, 0.4) is 0 Å².